The van der Waals surface area contributed by atoms with Crippen molar-refractivity contribution in [1.29, 1.82) is 0 Å². The zero-order chi connectivity index (χ0) is 21.1. The van der Waals surface area contributed by atoms with Crippen LogP contribution in [-0.2, 0) is 17.6 Å². The van der Waals surface area contributed by atoms with Gasteiger partial charge in [-0.15, -0.1) is 0 Å². The lowest BCUT2D eigenvalue weighted by molar-refractivity contribution is 0.115. The maximum atomic E-state index is 11.4. The molecule has 0 fully saturated rings. The topological polar surface area (TPSA) is 51.2 Å². The Kier molecular flexibility index (Phi) is 9.16. The second-order valence-corrected chi connectivity index (χ2v) is 6.96. The van der Waals surface area contributed by atoms with Gasteiger partial charge in [0.15, 0.2) is 0 Å². The van der Waals surface area contributed by atoms with Crippen molar-refractivity contribution in [2.45, 2.75) is 53.1 Å². The number of carbonyl (C=O) groups is 1. The Labute approximate surface area is 174 Å². The zero-order valence-electron chi connectivity index (χ0n) is 17.9. The summed E-state index contributed by atoms with van der Waals surface area (Å²) < 4.78 is 5.05. The highest BCUT2D eigenvalue weighted by atomic mass is 16.6. The van der Waals surface area contributed by atoms with Gasteiger partial charge < -0.3 is 10.1 Å². The molecular formula is C25H32N2O2. The van der Waals surface area contributed by atoms with Gasteiger partial charge >= 0.3 is 6.09 Å². The van der Waals surface area contributed by atoms with E-state index >= 15 is 0 Å². The van der Waals surface area contributed by atoms with Crippen LogP contribution in [0.4, 0.5) is 4.79 Å². The van der Waals surface area contributed by atoms with Crippen molar-refractivity contribution < 1.29 is 9.53 Å². The molecule has 0 spiro atoms. The fraction of sp³-hybridized carbons (Fsp3) is 0.360. The summed E-state index contributed by atoms with van der Waals surface area (Å²) in [6, 6.07) is 19.1. The summed E-state index contributed by atoms with van der Waals surface area (Å²) in [5.41, 5.74) is 3.62. The van der Waals surface area contributed by atoms with Gasteiger partial charge in [0.05, 0.1) is 11.8 Å². The number of aryl methyl sites for hydroxylation is 1. The Morgan fingerprint density at radius 3 is 2.41 bits per heavy atom. The minimum Gasteiger partial charge on any atom is -0.447 e. The van der Waals surface area contributed by atoms with E-state index in [0.29, 0.717) is 6.54 Å². The third kappa shape index (κ3) is 7.22. The summed E-state index contributed by atoms with van der Waals surface area (Å²) in [6.45, 7) is 8.30. The molecule has 0 unspecified atom stereocenters. The number of rotatable bonds is 7. The van der Waals surface area contributed by atoms with Crippen molar-refractivity contribution in [2.24, 2.45) is 0 Å². The monoisotopic (exact) mass is 392 g/mol. The van der Waals surface area contributed by atoms with Crippen molar-refractivity contribution in [1.82, 2.24) is 10.3 Å². The largest absolute Gasteiger partial charge is 0.447 e. The standard InChI is InChI=1S/C23H26N2O2.C2H6/c1-17(2)27-23(26)25-14-5-6-18-9-11-19(12-10-18)16-22-21-8-4-3-7-20(21)13-15-24-22;1-2/h3-4,7-13,15,17H,5-6,14,16H2,1-2H3,(H,25,26);1-2H3. The van der Waals surface area contributed by atoms with Crippen LogP contribution in [0.25, 0.3) is 10.8 Å². The van der Waals surface area contributed by atoms with Gasteiger partial charge in [0.2, 0.25) is 0 Å². The van der Waals surface area contributed by atoms with E-state index in [1.165, 1.54) is 21.9 Å². The quantitative estimate of drug-likeness (QED) is 0.508. The molecule has 1 aromatic heterocycles. The molecule has 1 amide bonds. The van der Waals surface area contributed by atoms with Crippen LogP contribution in [0.15, 0.2) is 60.8 Å². The SMILES string of the molecule is CC.CC(C)OC(=O)NCCCc1ccc(Cc2nccc3ccccc23)cc1. The normalized spacial score (nSPS) is 10.4. The Bertz CT molecular complexity index is 883. The van der Waals surface area contributed by atoms with Crippen molar-refractivity contribution in [3.05, 3.63) is 77.6 Å². The number of carbonyl (C=O) groups excluding carboxylic acids is 1. The van der Waals surface area contributed by atoms with E-state index in [1.54, 1.807) is 0 Å². The third-order valence-corrected chi connectivity index (χ3v) is 4.41. The molecule has 0 radical (unpaired) electrons. The van der Waals surface area contributed by atoms with Crippen LogP contribution in [0, 0.1) is 0 Å². The van der Waals surface area contributed by atoms with Gasteiger partial charge in [-0.1, -0.05) is 62.4 Å². The minimum atomic E-state index is -0.345. The first-order chi connectivity index (χ1) is 14.1. The van der Waals surface area contributed by atoms with E-state index in [0.717, 1.165) is 25.0 Å². The summed E-state index contributed by atoms with van der Waals surface area (Å²) in [5.74, 6) is 0. The second kappa shape index (κ2) is 11.8. The molecule has 1 heterocycles. The smallest absolute Gasteiger partial charge is 0.407 e. The number of hydrogen-bond acceptors (Lipinski definition) is 3. The molecule has 0 atom stereocenters. The number of ether oxygens (including phenoxy) is 1. The van der Waals surface area contributed by atoms with Gasteiger partial charge in [0, 0.05) is 24.5 Å². The highest BCUT2D eigenvalue weighted by Gasteiger charge is 2.05. The Morgan fingerprint density at radius 1 is 1.00 bits per heavy atom. The predicted molar refractivity (Wildman–Crippen MR) is 120 cm³/mol. The Morgan fingerprint density at radius 2 is 1.69 bits per heavy atom. The maximum absolute atomic E-state index is 11.4. The molecule has 0 bridgehead atoms. The highest BCUT2D eigenvalue weighted by molar-refractivity contribution is 5.84. The summed E-state index contributed by atoms with van der Waals surface area (Å²) in [6.07, 6.45) is 4.08. The van der Waals surface area contributed by atoms with E-state index in [1.807, 2.05) is 40.0 Å². The number of nitrogens with zero attached hydrogens (tertiary/aromatic N) is 1. The molecule has 29 heavy (non-hydrogen) atoms. The van der Waals surface area contributed by atoms with E-state index in [9.17, 15) is 4.79 Å². The van der Waals surface area contributed by atoms with Gasteiger partial charge in [-0.3, -0.25) is 4.98 Å². The Hall–Kier alpha value is -2.88. The van der Waals surface area contributed by atoms with Crippen LogP contribution >= 0.6 is 0 Å². The number of hydrogen-bond donors (Lipinski definition) is 1. The molecule has 0 aliphatic carbocycles. The molecule has 4 heteroatoms. The number of nitrogens with one attached hydrogen (secondary N) is 1. The van der Waals surface area contributed by atoms with Gasteiger partial charge in [-0.25, -0.2) is 4.79 Å². The van der Waals surface area contributed by atoms with Crippen molar-refractivity contribution >= 4 is 16.9 Å². The van der Waals surface area contributed by atoms with Crippen LogP contribution in [0.5, 0.6) is 0 Å². The molecule has 0 aliphatic heterocycles. The highest BCUT2D eigenvalue weighted by Crippen LogP contribution is 2.19. The van der Waals surface area contributed by atoms with E-state index in [4.69, 9.17) is 4.74 Å². The van der Waals surface area contributed by atoms with Crippen molar-refractivity contribution in [3.8, 4) is 0 Å². The van der Waals surface area contributed by atoms with Crippen LogP contribution in [0.3, 0.4) is 0 Å². The van der Waals surface area contributed by atoms with Crippen LogP contribution < -0.4 is 5.32 Å². The molecule has 3 rings (SSSR count). The third-order valence-electron chi connectivity index (χ3n) is 4.41. The van der Waals surface area contributed by atoms with Crippen LogP contribution in [-0.4, -0.2) is 23.7 Å². The first-order valence-electron chi connectivity index (χ1n) is 10.5. The fourth-order valence-corrected chi connectivity index (χ4v) is 3.08. The van der Waals surface area contributed by atoms with Crippen molar-refractivity contribution in [2.75, 3.05) is 6.54 Å². The minimum absolute atomic E-state index is 0.0891. The second-order valence-electron chi connectivity index (χ2n) is 6.96. The molecule has 4 nitrogen and oxygen atoms in total. The maximum Gasteiger partial charge on any atom is 0.407 e. The number of pyridine rings is 1. The predicted octanol–water partition coefficient (Wildman–Crippen LogP) is 5.92. The first-order valence-corrected chi connectivity index (χ1v) is 10.5. The summed E-state index contributed by atoms with van der Waals surface area (Å²) in [7, 11) is 0. The average Bonchev–Trinajstić information content (AvgIpc) is 2.74. The fourth-order valence-electron chi connectivity index (χ4n) is 3.08. The van der Waals surface area contributed by atoms with E-state index < -0.39 is 0 Å². The van der Waals surface area contributed by atoms with E-state index in [-0.39, 0.29) is 12.2 Å². The molecule has 154 valence electrons. The van der Waals surface area contributed by atoms with Crippen LogP contribution in [0.2, 0.25) is 0 Å². The molecule has 0 aliphatic rings. The number of benzene rings is 2. The lowest BCUT2D eigenvalue weighted by Gasteiger charge is -2.09. The van der Waals surface area contributed by atoms with Crippen LogP contribution in [0.1, 0.15) is 50.9 Å². The number of fused-ring (bicyclic) bond motifs is 1. The molecule has 0 saturated carbocycles. The molecular weight excluding hydrogens is 360 g/mol. The van der Waals surface area contributed by atoms with Gasteiger partial charge in [0.1, 0.15) is 0 Å². The van der Waals surface area contributed by atoms with E-state index in [2.05, 4.69) is 58.8 Å². The molecule has 1 N–H and O–H groups in total. The molecule has 2 aromatic carbocycles. The molecule has 0 saturated heterocycles. The van der Waals surface area contributed by atoms with Gasteiger partial charge in [-0.2, -0.15) is 0 Å². The average molecular weight is 393 g/mol. The number of alkyl carbamates (subject to hydrolysis) is 1. The lowest BCUT2D eigenvalue weighted by Crippen LogP contribution is -2.27. The number of aromatic nitrogens is 1. The molecule has 3 aromatic rings. The van der Waals surface area contributed by atoms with Gasteiger partial charge in [0.25, 0.3) is 0 Å². The zero-order valence-corrected chi connectivity index (χ0v) is 17.9. The summed E-state index contributed by atoms with van der Waals surface area (Å²) in [5, 5.41) is 5.21. The number of amides is 1. The Balaban J connectivity index is 0.00000145. The summed E-state index contributed by atoms with van der Waals surface area (Å²) in [4.78, 5) is 16.0. The van der Waals surface area contributed by atoms with Crippen molar-refractivity contribution in [3.63, 3.8) is 0 Å². The van der Waals surface area contributed by atoms with Gasteiger partial charge in [-0.05, 0) is 49.3 Å². The first kappa shape index (κ1) is 22.4. The lowest BCUT2D eigenvalue weighted by atomic mass is 10.0. The summed E-state index contributed by atoms with van der Waals surface area (Å²) >= 11 is 0.